The minimum atomic E-state index is -0.845. The molecule has 6 heteroatoms. The molecule has 0 saturated heterocycles. The van der Waals surface area contributed by atoms with Crippen LogP contribution in [0, 0.1) is 5.92 Å². The highest BCUT2D eigenvalue weighted by atomic mass is 16.5. The smallest absolute Gasteiger partial charge is 0.308 e. The van der Waals surface area contributed by atoms with Gasteiger partial charge in [0.25, 0.3) is 0 Å². The van der Waals surface area contributed by atoms with Crippen LogP contribution in [0.25, 0.3) is 0 Å². The van der Waals surface area contributed by atoms with Crippen molar-refractivity contribution in [2.75, 3.05) is 26.9 Å². The van der Waals surface area contributed by atoms with Crippen molar-refractivity contribution >= 4 is 11.9 Å². The molecule has 0 radical (unpaired) electrons. The van der Waals surface area contributed by atoms with Gasteiger partial charge in [-0.15, -0.1) is 0 Å². The molecule has 0 aromatic rings. The van der Waals surface area contributed by atoms with Crippen molar-refractivity contribution in [3.05, 3.63) is 0 Å². The predicted molar refractivity (Wildman–Crippen MR) is 68.8 cm³/mol. The highest BCUT2D eigenvalue weighted by Crippen LogP contribution is 2.33. The summed E-state index contributed by atoms with van der Waals surface area (Å²) in [5.74, 6) is -1.64. The maximum atomic E-state index is 11.8. The molecule has 0 bridgehead atoms. The van der Waals surface area contributed by atoms with E-state index in [1.54, 1.807) is 14.0 Å². The average Bonchev–Trinajstić information content (AvgIpc) is 2.34. The number of carboxylic acid groups (broad SMARTS) is 1. The Kier molecular flexibility index (Phi) is 6.24. The van der Waals surface area contributed by atoms with Crippen LogP contribution in [0.3, 0.4) is 0 Å². The fourth-order valence-electron chi connectivity index (χ4n) is 2.54. The lowest BCUT2D eigenvalue weighted by atomic mass is 9.74. The fourth-order valence-corrected chi connectivity index (χ4v) is 2.54. The first-order valence-corrected chi connectivity index (χ1v) is 6.60. The molecule has 1 aliphatic rings. The molecule has 2 unspecified atom stereocenters. The Balaban J connectivity index is 2.47. The minimum absolute atomic E-state index is 0.0642. The standard InChI is InChI=1S/C13H23NO5/c1-13(6-4-3-5-10(13)12(16)17)14-11(15)9-19-8-7-18-2/h10H,3-9H2,1-2H3,(H,14,15)(H,16,17). The van der Waals surface area contributed by atoms with Gasteiger partial charge in [-0.2, -0.15) is 0 Å². The van der Waals surface area contributed by atoms with Crippen LogP contribution in [-0.2, 0) is 19.1 Å². The Morgan fingerprint density at radius 2 is 2.11 bits per heavy atom. The van der Waals surface area contributed by atoms with Gasteiger partial charge in [0.05, 0.1) is 24.7 Å². The van der Waals surface area contributed by atoms with Gasteiger partial charge in [-0.1, -0.05) is 12.8 Å². The third-order valence-electron chi connectivity index (χ3n) is 3.60. The molecule has 0 heterocycles. The number of nitrogens with one attached hydrogen (secondary N) is 1. The van der Waals surface area contributed by atoms with Gasteiger partial charge in [0.15, 0.2) is 0 Å². The molecule has 2 N–H and O–H groups in total. The molecule has 1 fully saturated rings. The molecule has 0 spiro atoms. The van der Waals surface area contributed by atoms with Crippen molar-refractivity contribution in [3.63, 3.8) is 0 Å². The number of rotatable bonds is 7. The van der Waals surface area contributed by atoms with Gasteiger partial charge in [-0.3, -0.25) is 9.59 Å². The maximum absolute atomic E-state index is 11.8. The van der Waals surface area contributed by atoms with Crippen molar-refractivity contribution in [1.29, 1.82) is 0 Å². The first-order chi connectivity index (χ1) is 8.99. The summed E-state index contributed by atoms with van der Waals surface area (Å²) in [5.41, 5.74) is -0.675. The molecule has 6 nitrogen and oxygen atoms in total. The van der Waals surface area contributed by atoms with E-state index in [1.165, 1.54) is 0 Å². The number of carboxylic acids is 1. The maximum Gasteiger partial charge on any atom is 0.308 e. The Morgan fingerprint density at radius 1 is 1.37 bits per heavy atom. The summed E-state index contributed by atoms with van der Waals surface area (Å²) in [6.45, 7) is 2.52. The second kappa shape index (κ2) is 7.45. The third kappa shape index (κ3) is 4.80. The molecule has 0 aromatic carbocycles. The summed E-state index contributed by atoms with van der Waals surface area (Å²) < 4.78 is 9.94. The van der Waals surface area contributed by atoms with E-state index < -0.39 is 17.4 Å². The molecule has 2 atom stereocenters. The zero-order chi connectivity index (χ0) is 14.3. The average molecular weight is 273 g/mol. The lowest BCUT2D eigenvalue weighted by Crippen LogP contribution is -2.56. The van der Waals surface area contributed by atoms with Crippen LogP contribution < -0.4 is 5.32 Å². The molecule has 110 valence electrons. The Hall–Kier alpha value is -1.14. The molecule has 1 amide bonds. The number of carbonyl (C=O) groups excluding carboxylic acids is 1. The summed E-state index contributed by atoms with van der Waals surface area (Å²) in [4.78, 5) is 23.0. The Bertz CT molecular complexity index is 320. The molecule has 1 aliphatic carbocycles. The summed E-state index contributed by atoms with van der Waals surface area (Å²) in [6, 6.07) is 0. The fraction of sp³-hybridized carbons (Fsp3) is 0.846. The SMILES string of the molecule is COCCOCC(=O)NC1(C)CCCCC1C(=O)O. The van der Waals surface area contributed by atoms with Crippen molar-refractivity contribution in [2.45, 2.75) is 38.1 Å². The quantitative estimate of drug-likeness (QED) is 0.670. The van der Waals surface area contributed by atoms with Gasteiger partial charge >= 0.3 is 5.97 Å². The number of carbonyl (C=O) groups is 2. The van der Waals surface area contributed by atoms with Crippen LogP contribution in [0.4, 0.5) is 0 Å². The number of ether oxygens (including phenoxy) is 2. The van der Waals surface area contributed by atoms with Crippen LogP contribution in [0.1, 0.15) is 32.6 Å². The van der Waals surface area contributed by atoms with Gasteiger partial charge in [0, 0.05) is 7.11 Å². The van der Waals surface area contributed by atoms with Crippen molar-refractivity contribution < 1.29 is 24.2 Å². The summed E-state index contributed by atoms with van der Waals surface area (Å²) in [7, 11) is 1.56. The lowest BCUT2D eigenvalue weighted by molar-refractivity contribution is -0.147. The third-order valence-corrected chi connectivity index (χ3v) is 3.60. The van der Waals surface area contributed by atoms with E-state index in [9.17, 15) is 14.7 Å². The second-order valence-electron chi connectivity index (χ2n) is 5.15. The van der Waals surface area contributed by atoms with E-state index in [2.05, 4.69) is 5.32 Å². The number of aliphatic carboxylic acids is 1. The molecular weight excluding hydrogens is 250 g/mol. The molecule has 1 saturated carbocycles. The minimum Gasteiger partial charge on any atom is -0.481 e. The van der Waals surface area contributed by atoms with E-state index in [1.807, 2.05) is 0 Å². The first-order valence-electron chi connectivity index (χ1n) is 6.60. The molecule has 19 heavy (non-hydrogen) atoms. The first kappa shape index (κ1) is 15.9. The zero-order valence-corrected chi connectivity index (χ0v) is 11.6. The Labute approximate surface area is 113 Å². The largest absolute Gasteiger partial charge is 0.481 e. The van der Waals surface area contributed by atoms with E-state index >= 15 is 0 Å². The predicted octanol–water partition coefficient (Wildman–Crippen LogP) is 0.799. The normalized spacial score (nSPS) is 26.9. The number of hydrogen-bond acceptors (Lipinski definition) is 4. The van der Waals surface area contributed by atoms with Crippen LogP contribution in [0.15, 0.2) is 0 Å². The zero-order valence-electron chi connectivity index (χ0n) is 11.6. The van der Waals surface area contributed by atoms with E-state index in [0.717, 1.165) is 12.8 Å². The molecule has 0 aromatic heterocycles. The van der Waals surface area contributed by atoms with Crippen LogP contribution in [0.5, 0.6) is 0 Å². The number of methoxy groups -OCH3 is 1. The van der Waals surface area contributed by atoms with Gasteiger partial charge in [-0.25, -0.2) is 0 Å². The van der Waals surface area contributed by atoms with Crippen molar-refractivity contribution in [2.24, 2.45) is 5.92 Å². The van der Waals surface area contributed by atoms with Gasteiger partial charge in [0.1, 0.15) is 6.61 Å². The second-order valence-corrected chi connectivity index (χ2v) is 5.15. The molecule has 1 rings (SSSR count). The summed E-state index contributed by atoms with van der Waals surface area (Å²) in [5, 5.41) is 12.1. The Morgan fingerprint density at radius 3 is 2.74 bits per heavy atom. The van der Waals surface area contributed by atoms with Crippen LogP contribution in [0.2, 0.25) is 0 Å². The number of hydrogen-bond donors (Lipinski definition) is 2. The molecule has 0 aliphatic heterocycles. The monoisotopic (exact) mass is 273 g/mol. The van der Waals surface area contributed by atoms with Gasteiger partial charge < -0.3 is 19.9 Å². The van der Waals surface area contributed by atoms with E-state index in [4.69, 9.17) is 9.47 Å². The number of amides is 1. The van der Waals surface area contributed by atoms with Gasteiger partial charge in [-0.05, 0) is 19.8 Å². The lowest BCUT2D eigenvalue weighted by Gasteiger charge is -2.39. The molecular formula is C13H23NO5. The van der Waals surface area contributed by atoms with Crippen LogP contribution in [-0.4, -0.2) is 49.5 Å². The van der Waals surface area contributed by atoms with Gasteiger partial charge in [0.2, 0.25) is 5.91 Å². The van der Waals surface area contributed by atoms with Crippen molar-refractivity contribution in [3.8, 4) is 0 Å². The van der Waals surface area contributed by atoms with Crippen molar-refractivity contribution in [1.82, 2.24) is 5.32 Å². The summed E-state index contributed by atoms with van der Waals surface area (Å²) in [6.07, 6.45) is 3.13. The van der Waals surface area contributed by atoms with Crippen LogP contribution >= 0.6 is 0 Å². The summed E-state index contributed by atoms with van der Waals surface area (Å²) >= 11 is 0. The van der Waals surface area contributed by atoms with E-state index in [0.29, 0.717) is 26.1 Å². The van der Waals surface area contributed by atoms with E-state index in [-0.39, 0.29) is 12.5 Å². The topological polar surface area (TPSA) is 84.9 Å². The highest BCUT2D eigenvalue weighted by Gasteiger charge is 2.42. The highest BCUT2D eigenvalue weighted by molar-refractivity contribution is 5.80.